The SMILES string of the molecule is Cc1ccc(Cn2c(=O)c(SCC(=O)N[C@H]3CCS(=O)(=O)C3)nc3ccccc32)cc1. The summed E-state index contributed by atoms with van der Waals surface area (Å²) < 4.78 is 24.8. The first-order chi connectivity index (χ1) is 14.8. The number of rotatable bonds is 6. The molecular weight excluding hydrogens is 434 g/mol. The maximum absolute atomic E-state index is 13.2. The number of hydrogen-bond acceptors (Lipinski definition) is 6. The third-order valence-corrected chi connectivity index (χ3v) is 7.94. The molecule has 1 aliphatic heterocycles. The Morgan fingerprint density at radius 1 is 1.19 bits per heavy atom. The topological polar surface area (TPSA) is 98.1 Å². The van der Waals surface area contributed by atoms with Crippen LogP contribution in [0.15, 0.2) is 58.4 Å². The zero-order valence-corrected chi connectivity index (χ0v) is 18.7. The van der Waals surface area contributed by atoms with Gasteiger partial charge in [0.05, 0.1) is 34.8 Å². The van der Waals surface area contributed by atoms with E-state index in [1.54, 1.807) is 4.57 Å². The number of benzene rings is 2. The van der Waals surface area contributed by atoms with Crippen molar-refractivity contribution >= 4 is 38.5 Å². The first kappa shape index (κ1) is 21.6. The van der Waals surface area contributed by atoms with Crippen molar-refractivity contribution in [2.45, 2.75) is 31.0 Å². The van der Waals surface area contributed by atoms with Crippen molar-refractivity contribution in [2.75, 3.05) is 17.3 Å². The minimum Gasteiger partial charge on any atom is -0.352 e. The van der Waals surface area contributed by atoms with Crippen LogP contribution in [0.25, 0.3) is 11.0 Å². The monoisotopic (exact) mass is 457 g/mol. The lowest BCUT2D eigenvalue weighted by Crippen LogP contribution is -2.37. The summed E-state index contributed by atoms with van der Waals surface area (Å²) >= 11 is 1.07. The Labute approximate surface area is 184 Å². The van der Waals surface area contributed by atoms with Crippen LogP contribution >= 0.6 is 11.8 Å². The van der Waals surface area contributed by atoms with Crippen molar-refractivity contribution in [3.63, 3.8) is 0 Å². The van der Waals surface area contributed by atoms with Crippen LogP contribution in [0, 0.1) is 6.92 Å². The summed E-state index contributed by atoms with van der Waals surface area (Å²) in [5, 5.41) is 3.00. The Morgan fingerprint density at radius 2 is 1.94 bits per heavy atom. The Bertz CT molecular complexity index is 1280. The van der Waals surface area contributed by atoms with E-state index in [2.05, 4.69) is 10.3 Å². The quantitative estimate of drug-likeness (QED) is 0.570. The molecule has 1 aliphatic rings. The zero-order chi connectivity index (χ0) is 22.0. The van der Waals surface area contributed by atoms with E-state index in [9.17, 15) is 18.0 Å². The predicted molar refractivity (Wildman–Crippen MR) is 122 cm³/mol. The minimum atomic E-state index is -3.06. The van der Waals surface area contributed by atoms with Gasteiger partial charge in [-0.25, -0.2) is 13.4 Å². The second-order valence-corrected chi connectivity index (χ2v) is 10.9. The van der Waals surface area contributed by atoms with Crippen LogP contribution in [-0.4, -0.2) is 47.2 Å². The van der Waals surface area contributed by atoms with E-state index >= 15 is 0 Å². The van der Waals surface area contributed by atoms with Gasteiger partial charge in [-0.05, 0) is 31.0 Å². The Balaban J connectivity index is 1.55. The highest BCUT2D eigenvalue weighted by Crippen LogP contribution is 2.18. The number of para-hydroxylation sites is 2. The summed E-state index contributed by atoms with van der Waals surface area (Å²) in [4.78, 5) is 29.9. The fourth-order valence-corrected chi connectivity index (χ4v) is 6.03. The second-order valence-electron chi connectivity index (χ2n) is 7.74. The summed E-state index contributed by atoms with van der Waals surface area (Å²) in [6.45, 7) is 2.42. The molecule has 0 radical (unpaired) electrons. The molecule has 4 rings (SSSR count). The van der Waals surface area contributed by atoms with E-state index in [-0.39, 0.29) is 39.8 Å². The molecule has 1 N–H and O–H groups in total. The van der Waals surface area contributed by atoms with E-state index in [1.807, 2.05) is 55.5 Å². The van der Waals surface area contributed by atoms with Crippen LogP contribution in [0.4, 0.5) is 0 Å². The van der Waals surface area contributed by atoms with E-state index in [4.69, 9.17) is 0 Å². The molecule has 0 saturated carbocycles. The van der Waals surface area contributed by atoms with Crippen molar-refractivity contribution < 1.29 is 13.2 Å². The lowest BCUT2D eigenvalue weighted by atomic mass is 10.1. The molecule has 1 fully saturated rings. The maximum atomic E-state index is 13.2. The number of hydrogen-bond donors (Lipinski definition) is 1. The molecule has 2 aromatic carbocycles. The van der Waals surface area contributed by atoms with Gasteiger partial charge in [0, 0.05) is 6.04 Å². The largest absolute Gasteiger partial charge is 0.352 e. The molecule has 2 heterocycles. The lowest BCUT2D eigenvalue weighted by Gasteiger charge is -2.13. The van der Waals surface area contributed by atoms with Crippen LogP contribution in [0.5, 0.6) is 0 Å². The minimum absolute atomic E-state index is 0.00165. The van der Waals surface area contributed by atoms with Crippen LogP contribution in [0.1, 0.15) is 17.5 Å². The normalized spacial score (nSPS) is 17.6. The zero-order valence-electron chi connectivity index (χ0n) is 17.1. The molecule has 7 nitrogen and oxygen atoms in total. The predicted octanol–water partition coefficient (Wildman–Crippen LogP) is 2.15. The number of fused-ring (bicyclic) bond motifs is 1. The number of thioether (sulfide) groups is 1. The van der Waals surface area contributed by atoms with Gasteiger partial charge in [0.2, 0.25) is 5.91 Å². The average molecular weight is 458 g/mol. The number of aromatic nitrogens is 2. The number of aryl methyl sites for hydroxylation is 1. The standard InChI is InChI=1S/C22H23N3O4S2/c1-15-6-8-16(9-7-15)12-25-19-5-3-2-4-18(19)24-21(22(25)27)30-13-20(26)23-17-10-11-31(28,29)14-17/h2-9,17H,10-14H2,1H3,(H,23,26)/t17-/m0/s1. The van der Waals surface area contributed by atoms with Crippen molar-refractivity contribution in [3.8, 4) is 0 Å². The summed E-state index contributed by atoms with van der Waals surface area (Å²) in [5.41, 5.74) is 3.31. The van der Waals surface area contributed by atoms with Crippen LogP contribution in [-0.2, 0) is 21.2 Å². The average Bonchev–Trinajstić information content (AvgIpc) is 3.08. The smallest absolute Gasteiger partial charge is 0.283 e. The number of sulfone groups is 1. The molecule has 0 bridgehead atoms. The van der Waals surface area contributed by atoms with Gasteiger partial charge in [0.1, 0.15) is 0 Å². The maximum Gasteiger partial charge on any atom is 0.283 e. The third-order valence-electron chi connectivity index (χ3n) is 5.22. The Kier molecular flexibility index (Phi) is 6.15. The summed E-state index contributed by atoms with van der Waals surface area (Å²) in [5.74, 6) is -0.226. The molecule has 0 aliphatic carbocycles. The Morgan fingerprint density at radius 3 is 2.65 bits per heavy atom. The van der Waals surface area contributed by atoms with Crippen molar-refractivity contribution in [2.24, 2.45) is 0 Å². The number of amides is 1. The van der Waals surface area contributed by atoms with Crippen LogP contribution in [0.2, 0.25) is 0 Å². The van der Waals surface area contributed by atoms with E-state index in [0.717, 1.165) is 28.4 Å². The van der Waals surface area contributed by atoms with Crippen LogP contribution < -0.4 is 10.9 Å². The molecule has 162 valence electrons. The van der Waals surface area contributed by atoms with Gasteiger partial charge < -0.3 is 5.32 Å². The van der Waals surface area contributed by atoms with Gasteiger partial charge in [-0.15, -0.1) is 0 Å². The summed E-state index contributed by atoms with van der Waals surface area (Å²) in [6, 6.07) is 15.1. The van der Waals surface area contributed by atoms with Gasteiger partial charge in [0.25, 0.3) is 5.56 Å². The van der Waals surface area contributed by atoms with Crippen molar-refractivity contribution in [1.29, 1.82) is 0 Å². The van der Waals surface area contributed by atoms with Gasteiger partial charge >= 0.3 is 0 Å². The molecular formula is C22H23N3O4S2. The molecule has 1 aromatic heterocycles. The molecule has 1 saturated heterocycles. The fourth-order valence-electron chi connectivity index (χ4n) is 3.61. The third kappa shape index (κ3) is 5.16. The molecule has 1 amide bonds. The highest BCUT2D eigenvalue weighted by molar-refractivity contribution is 7.99. The highest BCUT2D eigenvalue weighted by Gasteiger charge is 2.29. The van der Waals surface area contributed by atoms with Crippen molar-refractivity contribution in [3.05, 3.63) is 70.0 Å². The van der Waals surface area contributed by atoms with E-state index in [0.29, 0.717) is 18.5 Å². The molecule has 3 aromatic rings. The summed E-state index contributed by atoms with van der Waals surface area (Å²) in [6.07, 6.45) is 0.427. The first-order valence-electron chi connectivity index (χ1n) is 9.98. The number of carbonyl (C=O) groups excluding carboxylic acids is 1. The number of nitrogens with one attached hydrogen (secondary N) is 1. The lowest BCUT2D eigenvalue weighted by molar-refractivity contribution is -0.119. The van der Waals surface area contributed by atoms with Gasteiger partial charge in [-0.2, -0.15) is 0 Å². The van der Waals surface area contributed by atoms with E-state index < -0.39 is 9.84 Å². The molecule has 31 heavy (non-hydrogen) atoms. The van der Waals surface area contributed by atoms with Gasteiger partial charge in [-0.3, -0.25) is 14.2 Å². The van der Waals surface area contributed by atoms with Crippen molar-refractivity contribution in [1.82, 2.24) is 14.9 Å². The number of carbonyl (C=O) groups is 1. The first-order valence-corrected chi connectivity index (χ1v) is 12.8. The molecule has 0 spiro atoms. The fraction of sp³-hybridized carbons (Fsp3) is 0.318. The molecule has 1 atom stereocenters. The van der Waals surface area contributed by atoms with Gasteiger partial charge in [0.15, 0.2) is 14.9 Å². The van der Waals surface area contributed by atoms with Crippen LogP contribution in [0.3, 0.4) is 0 Å². The number of nitrogens with zero attached hydrogens (tertiary/aromatic N) is 2. The second kappa shape index (κ2) is 8.84. The van der Waals surface area contributed by atoms with E-state index in [1.165, 1.54) is 0 Å². The molecule has 9 heteroatoms. The highest BCUT2D eigenvalue weighted by atomic mass is 32.2. The summed E-state index contributed by atoms with van der Waals surface area (Å²) in [7, 11) is -3.06. The Hall–Kier alpha value is -2.65. The van der Waals surface area contributed by atoms with Gasteiger partial charge in [-0.1, -0.05) is 53.7 Å². The molecule has 0 unspecified atom stereocenters.